The number of imide groups is 1. The van der Waals surface area contributed by atoms with E-state index in [-0.39, 0.29) is 17.0 Å². The Balaban J connectivity index is 1.85. The number of aryl methyl sites for hydroxylation is 2. The maximum atomic E-state index is 14.5. The number of nitrogens with one attached hydrogen (secondary N) is 1. The molecule has 0 unspecified atom stereocenters. The van der Waals surface area contributed by atoms with Crippen LogP contribution >= 0.6 is 0 Å². The lowest BCUT2D eigenvalue weighted by molar-refractivity contribution is -0.120. The Bertz CT molecular complexity index is 1220. The average molecular weight is 416 g/mol. The fraction of sp³-hybridized carbons (Fsp3) is 0.120. The highest BCUT2D eigenvalue weighted by Gasteiger charge is 2.41. The van der Waals surface area contributed by atoms with Gasteiger partial charge in [0.1, 0.15) is 17.3 Å². The zero-order valence-corrected chi connectivity index (χ0v) is 17.4. The van der Waals surface area contributed by atoms with Crippen molar-refractivity contribution < 1.29 is 18.7 Å². The molecule has 4 rings (SSSR count). The van der Waals surface area contributed by atoms with Crippen molar-refractivity contribution in [2.45, 2.75) is 13.8 Å². The zero-order chi connectivity index (χ0) is 22.1. The van der Waals surface area contributed by atoms with Crippen molar-refractivity contribution in [1.82, 2.24) is 0 Å². The minimum Gasteiger partial charge on any atom is -0.497 e. The van der Waals surface area contributed by atoms with Crippen LogP contribution in [0.1, 0.15) is 16.7 Å². The molecule has 1 aliphatic heterocycles. The molecule has 1 N–H and O–H groups in total. The van der Waals surface area contributed by atoms with Crippen LogP contribution in [0.2, 0.25) is 0 Å². The molecule has 0 aliphatic carbocycles. The summed E-state index contributed by atoms with van der Waals surface area (Å²) in [6.07, 6.45) is 0. The molecule has 0 bridgehead atoms. The lowest BCUT2D eigenvalue weighted by Crippen LogP contribution is -2.33. The molecule has 0 spiro atoms. The summed E-state index contributed by atoms with van der Waals surface area (Å²) in [5.74, 6) is -1.23. The molecule has 0 atom stereocenters. The number of carbonyl (C=O) groups is 2. The fourth-order valence-electron chi connectivity index (χ4n) is 3.61. The van der Waals surface area contributed by atoms with Gasteiger partial charge >= 0.3 is 0 Å². The van der Waals surface area contributed by atoms with Crippen molar-refractivity contribution in [1.29, 1.82) is 0 Å². The number of hydrogen-bond acceptors (Lipinski definition) is 4. The van der Waals surface area contributed by atoms with Gasteiger partial charge in [-0.05, 0) is 55.3 Å². The molecule has 3 aromatic rings. The third-order valence-electron chi connectivity index (χ3n) is 5.20. The topological polar surface area (TPSA) is 58.6 Å². The van der Waals surface area contributed by atoms with Gasteiger partial charge in [-0.2, -0.15) is 0 Å². The normalized spacial score (nSPS) is 13.7. The van der Waals surface area contributed by atoms with E-state index in [2.05, 4.69) is 5.32 Å². The molecule has 0 saturated heterocycles. The van der Waals surface area contributed by atoms with Gasteiger partial charge < -0.3 is 10.1 Å². The molecule has 0 radical (unpaired) electrons. The second-order valence-corrected chi connectivity index (χ2v) is 7.32. The summed E-state index contributed by atoms with van der Waals surface area (Å²) in [6.45, 7) is 3.89. The number of rotatable bonds is 5. The predicted molar refractivity (Wildman–Crippen MR) is 118 cm³/mol. The molecule has 5 nitrogen and oxygen atoms in total. The molecular weight excluding hydrogens is 395 g/mol. The van der Waals surface area contributed by atoms with Gasteiger partial charge in [0.15, 0.2) is 0 Å². The maximum absolute atomic E-state index is 14.5. The van der Waals surface area contributed by atoms with Crippen LogP contribution in [0.15, 0.2) is 72.4 Å². The van der Waals surface area contributed by atoms with Crippen molar-refractivity contribution in [3.8, 4) is 5.75 Å². The molecule has 1 heterocycles. The van der Waals surface area contributed by atoms with Crippen LogP contribution in [0, 0.1) is 19.7 Å². The van der Waals surface area contributed by atoms with E-state index in [0.29, 0.717) is 17.0 Å². The van der Waals surface area contributed by atoms with Gasteiger partial charge in [-0.15, -0.1) is 0 Å². The highest BCUT2D eigenvalue weighted by Crippen LogP contribution is 2.35. The van der Waals surface area contributed by atoms with Gasteiger partial charge in [0.2, 0.25) is 0 Å². The first-order valence-corrected chi connectivity index (χ1v) is 9.77. The molecule has 0 aromatic heterocycles. The van der Waals surface area contributed by atoms with Crippen LogP contribution in [0.4, 0.5) is 15.8 Å². The van der Waals surface area contributed by atoms with Gasteiger partial charge in [-0.1, -0.05) is 42.0 Å². The van der Waals surface area contributed by atoms with E-state index in [1.165, 1.54) is 18.2 Å². The first-order valence-electron chi connectivity index (χ1n) is 9.77. The lowest BCUT2D eigenvalue weighted by atomic mass is 10.0. The van der Waals surface area contributed by atoms with E-state index in [9.17, 15) is 14.0 Å². The smallest absolute Gasteiger partial charge is 0.282 e. The number of halogens is 1. The average Bonchev–Trinajstić information content (AvgIpc) is 3.00. The molecule has 0 saturated carbocycles. The number of anilines is 2. The van der Waals surface area contributed by atoms with Crippen LogP contribution < -0.4 is 15.0 Å². The molecule has 6 heteroatoms. The summed E-state index contributed by atoms with van der Waals surface area (Å²) >= 11 is 0. The number of para-hydroxylation sites is 1. The Morgan fingerprint density at radius 2 is 1.61 bits per heavy atom. The quantitative estimate of drug-likeness (QED) is 0.604. The predicted octanol–water partition coefficient (Wildman–Crippen LogP) is 4.85. The first-order chi connectivity index (χ1) is 14.9. The largest absolute Gasteiger partial charge is 0.497 e. The van der Waals surface area contributed by atoms with E-state index in [0.717, 1.165) is 16.0 Å². The standard InChI is InChI=1S/C25H21FN2O3/c1-15-8-13-20(16(2)14-15)27-23-22(17-9-11-18(31-3)12-10-17)24(29)28(25(23)30)21-7-5-4-6-19(21)26/h4-14,27H,1-3H3. The number of methoxy groups -OCH3 is 1. The van der Waals surface area contributed by atoms with Crippen molar-refractivity contribution in [3.63, 3.8) is 0 Å². The Kier molecular flexibility index (Phi) is 5.29. The number of amides is 2. The van der Waals surface area contributed by atoms with Crippen LogP contribution in [0.5, 0.6) is 5.75 Å². The van der Waals surface area contributed by atoms with Gasteiger partial charge in [-0.25, -0.2) is 9.29 Å². The van der Waals surface area contributed by atoms with Crippen LogP contribution in [-0.4, -0.2) is 18.9 Å². The zero-order valence-electron chi connectivity index (χ0n) is 17.4. The van der Waals surface area contributed by atoms with Gasteiger partial charge in [0.25, 0.3) is 11.8 Å². The molecule has 31 heavy (non-hydrogen) atoms. The van der Waals surface area contributed by atoms with E-state index in [4.69, 9.17) is 4.74 Å². The maximum Gasteiger partial charge on any atom is 0.282 e. The fourth-order valence-corrected chi connectivity index (χ4v) is 3.61. The highest BCUT2D eigenvalue weighted by molar-refractivity contribution is 6.46. The summed E-state index contributed by atoms with van der Waals surface area (Å²) < 4.78 is 19.7. The van der Waals surface area contributed by atoms with E-state index >= 15 is 0 Å². The summed E-state index contributed by atoms with van der Waals surface area (Å²) in [7, 11) is 1.55. The minimum absolute atomic E-state index is 0.0825. The van der Waals surface area contributed by atoms with Gasteiger partial charge in [0, 0.05) is 5.69 Å². The summed E-state index contributed by atoms with van der Waals surface area (Å²) in [4.78, 5) is 27.6. The third kappa shape index (κ3) is 3.68. The monoisotopic (exact) mass is 416 g/mol. The van der Waals surface area contributed by atoms with Gasteiger partial charge in [0.05, 0.1) is 18.4 Å². The van der Waals surface area contributed by atoms with Crippen molar-refractivity contribution in [2.24, 2.45) is 0 Å². The molecule has 156 valence electrons. The number of ether oxygens (including phenoxy) is 1. The Morgan fingerprint density at radius 1 is 0.903 bits per heavy atom. The summed E-state index contributed by atoms with van der Waals surface area (Å²) in [5, 5.41) is 3.13. The van der Waals surface area contributed by atoms with E-state index < -0.39 is 17.6 Å². The van der Waals surface area contributed by atoms with Gasteiger partial charge in [-0.3, -0.25) is 9.59 Å². The van der Waals surface area contributed by atoms with Crippen molar-refractivity contribution >= 4 is 28.8 Å². The molecular formula is C25H21FN2O3. The van der Waals surface area contributed by atoms with Crippen LogP contribution in [-0.2, 0) is 9.59 Å². The Morgan fingerprint density at radius 3 is 2.26 bits per heavy atom. The SMILES string of the molecule is COc1ccc(C2=C(Nc3ccc(C)cc3C)C(=O)N(c3ccccc3F)C2=O)cc1. The van der Waals surface area contributed by atoms with Crippen molar-refractivity contribution in [3.05, 3.63) is 94.9 Å². The third-order valence-corrected chi connectivity index (χ3v) is 5.20. The Hall–Kier alpha value is -3.93. The Labute approximate surface area is 179 Å². The van der Waals surface area contributed by atoms with E-state index in [1.807, 2.05) is 32.0 Å². The second-order valence-electron chi connectivity index (χ2n) is 7.32. The van der Waals surface area contributed by atoms with Crippen LogP contribution in [0.3, 0.4) is 0 Å². The number of carbonyl (C=O) groups excluding carboxylic acids is 2. The summed E-state index contributed by atoms with van der Waals surface area (Å²) in [6, 6.07) is 18.3. The number of nitrogens with zero attached hydrogens (tertiary/aromatic N) is 1. The molecule has 1 aliphatic rings. The highest BCUT2D eigenvalue weighted by atomic mass is 19.1. The number of hydrogen-bond donors (Lipinski definition) is 1. The van der Waals surface area contributed by atoms with Crippen LogP contribution in [0.25, 0.3) is 5.57 Å². The van der Waals surface area contributed by atoms with E-state index in [1.54, 1.807) is 37.4 Å². The van der Waals surface area contributed by atoms with Crippen molar-refractivity contribution in [2.75, 3.05) is 17.3 Å². The molecule has 0 fully saturated rings. The first kappa shape index (κ1) is 20.3. The molecule has 3 aromatic carbocycles. The lowest BCUT2D eigenvalue weighted by Gasteiger charge is -2.16. The minimum atomic E-state index is -0.647. The summed E-state index contributed by atoms with van der Waals surface area (Å²) in [5.41, 5.74) is 3.43. The second kappa shape index (κ2) is 8.07. The number of benzene rings is 3. The molecule has 2 amide bonds.